The number of rotatable bonds is 9. The fourth-order valence-electron chi connectivity index (χ4n) is 2.90. The molecule has 3 amide bonds. The van der Waals surface area contributed by atoms with Gasteiger partial charge in [0.25, 0.3) is 0 Å². The third kappa shape index (κ3) is 8.42. The molecular weight excluding hydrogens is 318 g/mol. The summed E-state index contributed by atoms with van der Waals surface area (Å²) in [6, 6.07) is 9.69. The van der Waals surface area contributed by atoms with Crippen LogP contribution in [0.15, 0.2) is 30.3 Å². The smallest absolute Gasteiger partial charge is 0.315 e. The van der Waals surface area contributed by atoms with Crippen molar-refractivity contribution in [3.8, 4) is 5.75 Å². The zero-order chi connectivity index (χ0) is 17.7. The minimum atomic E-state index is -0.122. The zero-order valence-electron chi connectivity index (χ0n) is 14.8. The van der Waals surface area contributed by atoms with E-state index in [-0.39, 0.29) is 11.9 Å². The molecule has 25 heavy (non-hydrogen) atoms. The van der Waals surface area contributed by atoms with Crippen molar-refractivity contribution in [1.29, 1.82) is 0 Å². The second-order valence-corrected chi connectivity index (χ2v) is 6.35. The maximum absolute atomic E-state index is 11.8. The molecule has 6 nitrogen and oxygen atoms in total. The second kappa shape index (κ2) is 11.3. The number of nitrogens with one attached hydrogen (secondary N) is 3. The Balaban J connectivity index is 1.44. The van der Waals surface area contributed by atoms with Crippen LogP contribution in [0.25, 0.3) is 0 Å². The molecule has 0 heterocycles. The largest absolute Gasteiger partial charge is 0.492 e. The number of para-hydroxylation sites is 1. The van der Waals surface area contributed by atoms with Crippen molar-refractivity contribution >= 4 is 11.9 Å². The lowest BCUT2D eigenvalue weighted by Crippen LogP contribution is -2.43. The summed E-state index contributed by atoms with van der Waals surface area (Å²) in [5, 5.41) is 8.63. The van der Waals surface area contributed by atoms with Gasteiger partial charge < -0.3 is 20.7 Å². The van der Waals surface area contributed by atoms with E-state index >= 15 is 0 Å². The summed E-state index contributed by atoms with van der Waals surface area (Å²) >= 11 is 0. The Morgan fingerprint density at radius 1 is 1.00 bits per heavy atom. The molecule has 1 saturated carbocycles. The Kier molecular flexibility index (Phi) is 8.66. The molecule has 1 fully saturated rings. The standard InChI is InChI=1S/C19H29N3O3/c23-18(20-14-15-25-17-10-5-2-6-11-17)12-7-13-21-19(24)22-16-8-3-1-4-9-16/h2,5-6,10-11,16H,1,3-4,7-9,12-15H2,(H,20,23)(H2,21,22,24). The molecule has 6 heteroatoms. The Morgan fingerprint density at radius 3 is 2.52 bits per heavy atom. The van der Waals surface area contributed by atoms with Gasteiger partial charge >= 0.3 is 6.03 Å². The summed E-state index contributed by atoms with van der Waals surface area (Å²) in [7, 11) is 0. The topological polar surface area (TPSA) is 79.5 Å². The minimum absolute atomic E-state index is 0.0221. The lowest BCUT2D eigenvalue weighted by atomic mass is 9.96. The van der Waals surface area contributed by atoms with Crippen molar-refractivity contribution in [3.05, 3.63) is 30.3 Å². The Bertz CT molecular complexity index is 516. The number of hydrogen-bond donors (Lipinski definition) is 3. The van der Waals surface area contributed by atoms with Gasteiger partial charge in [-0.1, -0.05) is 37.5 Å². The van der Waals surface area contributed by atoms with Crippen LogP contribution in [0.4, 0.5) is 4.79 Å². The quantitative estimate of drug-likeness (QED) is 0.601. The van der Waals surface area contributed by atoms with E-state index < -0.39 is 0 Å². The molecule has 0 unspecified atom stereocenters. The summed E-state index contributed by atoms with van der Waals surface area (Å²) in [6.07, 6.45) is 6.82. The maximum atomic E-state index is 11.8. The molecule has 0 aromatic heterocycles. The fraction of sp³-hybridized carbons (Fsp3) is 0.579. The third-order valence-electron chi connectivity index (χ3n) is 4.24. The predicted octanol–water partition coefficient (Wildman–Crippen LogP) is 2.59. The van der Waals surface area contributed by atoms with Crippen LogP contribution in [0.2, 0.25) is 0 Å². The molecule has 0 radical (unpaired) electrons. The van der Waals surface area contributed by atoms with Crippen LogP contribution in [0, 0.1) is 0 Å². The van der Waals surface area contributed by atoms with Crippen molar-refractivity contribution in [2.75, 3.05) is 19.7 Å². The molecule has 1 aliphatic carbocycles. The molecule has 1 aromatic rings. The van der Waals surface area contributed by atoms with Crippen molar-refractivity contribution in [2.24, 2.45) is 0 Å². The molecule has 0 atom stereocenters. The van der Waals surface area contributed by atoms with E-state index in [4.69, 9.17) is 4.74 Å². The third-order valence-corrected chi connectivity index (χ3v) is 4.24. The average Bonchev–Trinajstić information content (AvgIpc) is 2.64. The van der Waals surface area contributed by atoms with Crippen LogP contribution in [-0.2, 0) is 4.79 Å². The number of hydrogen-bond acceptors (Lipinski definition) is 3. The number of amides is 3. The molecule has 0 aliphatic heterocycles. The zero-order valence-corrected chi connectivity index (χ0v) is 14.8. The molecule has 138 valence electrons. The number of ether oxygens (including phenoxy) is 1. The van der Waals surface area contributed by atoms with Gasteiger partial charge in [-0.15, -0.1) is 0 Å². The fourth-order valence-corrected chi connectivity index (χ4v) is 2.90. The van der Waals surface area contributed by atoms with E-state index in [2.05, 4.69) is 16.0 Å². The van der Waals surface area contributed by atoms with Crippen molar-refractivity contribution in [1.82, 2.24) is 16.0 Å². The first-order chi connectivity index (χ1) is 12.2. The lowest BCUT2D eigenvalue weighted by Gasteiger charge is -2.22. The lowest BCUT2D eigenvalue weighted by molar-refractivity contribution is -0.121. The van der Waals surface area contributed by atoms with Crippen LogP contribution in [0.1, 0.15) is 44.9 Å². The van der Waals surface area contributed by atoms with Gasteiger partial charge in [-0.05, 0) is 31.4 Å². The van der Waals surface area contributed by atoms with Gasteiger partial charge in [-0.2, -0.15) is 0 Å². The SMILES string of the molecule is O=C(CCCNC(=O)NC1CCCCC1)NCCOc1ccccc1. The first kappa shape index (κ1) is 19.1. The van der Waals surface area contributed by atoms with Crippen molar-refractivity contribution in [2.45, 2.75) is 51.0 Å². The Hall–Kier alpha value is -2.24. The molecule has 3 N–H and O–H groups in total. The second-order valence-electron chi connectivity index (χ2n) is 6.35. The molecule has 0 saturated heterocycles. The van der Waals surface area contributed by atoms with E-state index in [1.807, 2.05) is 30.3 Å². The maximum Gasteiger partial charge on any atom is 0.315 e. The van der Waals surface area contributed by atoms with Crippen LogP contribution >= 0.6 is 0 Å². The molecular formula is C19H29N3O3. The molecule has 1 aromatic carbocycles. The summed E-state index contributed by atoms with van der Waals surface area (Å²) in [5.41, 5.74) is 0. The Morgan fingerprint density at radius 2 is 1.76 bits per heavy atom. The van der Waals surface area contributed by atoms with Gasteiger partial charge in [0.1, 0.15) is 12.4 Å². The van der Waals surface area contributed by atoms with Gasteiger partial charge in [0.05, 0.1) is 6.54 Å². The minimum Gasteiger partial charge on any atom is -0.492 e. The van der Waals surface area contributed by atoms with E-state index in [0.717, 1.165) is 18.6 Å². The van der Waals surface area contributed by atoms with E-state index in [0.29, 0.717) is 38.6 Å². The summed E-state index contributed by atoms with van der Waals surface area (Å²) in [6.45, 7) is 1.42. The predicted molar refractivity (Wildman–Crippen MR) is 97.6 cm³/mol. The molecule has 2 rings (SSSR count). The van der Waals surface area contributed by atoms with Gasteiger partial charge in [0, 0.05) is 19.0 Å². The van der Waals surface area contributed by atoms with Crippen LogP contribution in [0.5, 0.6) is 5.75 Å². The summed E-state index contributed by atoms with van der Waals surface area (Å²) in [4.78, 5) is 23.5. The van der Waals surface area contributed by atoms with Gasteiger partial charge in [0.15, 0.2) is 0 Å². The number of benzene rings is 1. The highest BCUT2D eigenvalue weighted by Gasteiger charge is 2.15. The van der Waals surface area contributed by atoms with Crippen molar-refractivity contribution < 1.29 is 14.3 Å². The molecule has 1 aliphatic rings. The highest BCUT2D eigenvalue weighted by atomic mass is 16.5. The van der Waals surface area contributed by atoms with Gasteiger partial charge in [-0.3, -0.25) is 4.79 Å². The first-order valence-corrected chi connectivity index (χ1v) is 9.23. The van der Waals surface area contributed by atoms with E-state index in [9.17, 15) is 9.59 Å². The number of urea groups is 1. The van der Waals surface area contributed by atoms with Crippen molar-refractivity contribution in [3.63, 3.8) is 0 Å². The number of carbonyl (C=O) groups excluding carboxylic acids is 2. The molecule has 0 bridgehead atoms. The first-order valence-electron chi connectivity index (χ1n) is 9.23. The summed E-state index contributed by atoms with van der Waals surface area (Å²) < 4.78 is 5.51. The average molecular weight is 347 g/mol. The molecule has 0 spiro atoms. The highest BCUT2D eigenvalue weighted by molar-refractivity contribution is 5.76. The monoisotopic (exact) mass is 347 g/mol. The van der Waals surface area contributed by atoms with Crippen LogP contribution < -0.4 is 20.7 Å². The van der Waals surface area contributed by atoms with Gasteiger partial charge in [0.2, 0.25) is 5.91 Å². The van der Waals surface area contributed by atoms with Crippen LogP contribution in [0.3, 0.4) is 0 Å². The van der Waals surface area contributed by atoms with E-state index in [1.54, 1.807) is 0 Å². The summed E-state index contributed by atoms with van der Waals surface area (Å²) in [5.74, 6) is 0.774. The Labute approximate surface area is 149 Å². The van der Waals surface area contributed by atoms with E-state index in [1.165, 1.54) is 19.3 Å². The normalized spacial score (nSPS) is 14.6. The highest BCUT2D eigenvalue weighted by Crippen LogP contribution is 2.17. The van der Waals surface area contributed by atoms with Crippen LogP contribution in [-0.4, -0.2) is 37.7 Å². The van der Waals surface area contributed by atoms with Gasteiger partial charge in [-0.25, -0.2) is 4.79 Å². The number of carbonyl (C=O) groups is 2.